The van der Waals surface area contributed by atoms with E-state index in [1.165, 1.54) is 12.5 Å². The number of rotatable bonds is 9. The third kappa shape index (κ3) is 6.44. The lowest BCUT2D eigenvalue weighted by Gasteiger charge is -2.15. The van der Waals surface area contributed by atoms with Crippen LogP contribution in [0.2, 0.25) is 5.02 Å². The highest BCUT2D eigenvalue weighted by molar-refractivity contribution is 7.84. The summed E-state index contributed by atoms with van der Waals surface area (Å²) in [5.74, 6) is 0.245. The lowest BCUT2D eigenvalue weighted by Crippen LogP contribution is -2.24. The summed E-state index contributed by atoms with van der Waals surface area (Å²) in [6.07, 6.45) is 3.19. The van der Waals surface area contributed by atoms with E-state index in [1.54, 1.807) is 19.1 Å². The molecule has 2 aromatic heterocycles. The van der Waals surface area contributed by atoms with Crippen LogP contribution in [0.15, 0.2) is 47.3 Å². The van der Waals surface area contributed by atoms with Crippen LogP contribution < -0.4 is 10.5 Å². The van der Waals surface area contributed by atoms with Crippen LogP contribution >= 0.6 is 11.6 Å². The van der Waals surface area contributed by atoms with Gasteiger partial charge in [-0.2, -0.15) is 8.42 Å². The molecule has 0 spiro atoms. The number of nitrogens with one attached hydrogen (secondary N) is 1. The zero-order valence-electron chi connectivity index (χ0n) is 18.8. The summed E-state index contributed by atoms with van der Waals surface area (Å²) in [5, 5.41) is 18.9. The summed E-state index contributed by atoms with van der Waals surface area (Å²) in [6.45, 7) is 1.57. The fourth-order valence-electron chi connectivity index (χ4n) is 4.19. The first-order valence-corrected chi connectivity index (χ1v) is 12.7. The average molecular weight is 521 g/mol. The number of nitrogens with zero attached hydrogens (tertiary/aromatic N) is 2. The van der Waals surface area contributed by atoms with E-state index in [0.717, 1.165) is 11.1 Å². The van der Waals surface area contributed by atoms with Gasteiger partial charge in [-0.1, -0.05) is 23.7 Å². The molecule has 1 saturated carbocycles. The molecule has 4 rings (SSSR count). The molecule has 0 aliphatic heterocycles. The maximum Gasteiger partial charge on any atom is 0.333 e. The second-order valence-corrected chi connectivity index (χ2v) is 10.2. The molecule has 1 aliphatic carbocycles. The maximum atomic E-state index is 13.3. The van der Waals surface area contributed by atoms with Crippen LogP contribution in [0.5, 0.6) is 0 Å². The number of nitrogens with two attached hydrogens (primary N) is 1. The lowest BCUT2D eigenvalue weighted by molar-refractivity contribution is 0.100. The van der Waals surface area contributed by atoms with Crippen molar-refractivity contribution < 1.29 is 26.9 Å². The molecule has 0 unspecified atom stereocenters. The zero-order chi connectivity index (χ0) is 25.2. The standard InChI is InChI=1S/C23H25ClN4O6S/c1-13-15(5-14-3-2-4-17(24)6-14)8-21(34-13)22(30)19-10-26-12-27-23(19)28-18-7-16(20(29)9-18)11-33-35(25,31)32/h2-4,6,8,10,12,16,18,20,29H,5,7,9,11H2,1H3,(H2,25,31,32)(H,26,27,28)/t16-,18-,20+/m1/s1. The van der Waals surface area contributed by atoms with Crippen molar-refractivity contribution in [2.24, 2.45) is 11.1 Å². The molecule has 4 N–H and O–H groups in total. The Kier molecular flexibility index (Phi) is 7.53. The summed E-state index contributed by atoms with van der Waals surface area (Å²) in [7, 11) is -4.10. The van der Waals surface area contributed by atoms with Gasteiger partial charge in [-0.05, 0) is 49.1 Å². The van der Waals surface area contributed by atoms with Crippen LogP contribution in [-0.4, -0.2) is 48.0 Å². The van der Waals surface area contributed by atoms with E-state index in [2.05, 4.69) is 19.5 Å². The number of aliphatic hydroxyl groups is 1. The number of hydrogen-bond donors (Lipinski definition) is 3. The molecular weight excluding hydrogens is 496 g/mol. The monoisotopic (exact) mass is 520 g/mol. The number of ketones is 1. The number of furan rings is 1. The third-order valence-electron chi connectivity index (χ3n) is 5.93. The Morgan fingerprint density at radius 2 is 2.14 bits per heavy atom. The van der Waals surface area contributed by atoms with Crippen LogP contribution in [0.3, 0.4) is 0 Å². The SMILES string of the molecule is Cc1oc(C(=O)c2cncnc2N[C@@H]2C[C@H](COS(N)(=O)=O)[C@@H](O)C2)cc1Cc1cccc(Cl)c1. The minimum Gasteiger partial charge on any atom is -0.458 e. The smallest absolute Gasteiger partial charge is 0.333 e. The Morgan fingerprint density at radius 1 is 1.34 bits per heavy atom. The predicted octanol–water partition coefficient (Wildman–Crippen LogP) is 2.62. The van der Waals surface area contributed by atoms with Gasteiger partial charge >= 0.3 is 10.3 Å². The van der Waals surface area contributed by atoms with Gasteiger partial charge < -0.3 is 14.8 Å². The third-order valence-corrected chi connectivity index (χ3v) is 6.63. The number of aromatic nitrogens is 2. The van der Waals surface area contributed by atoms with E-state index >= 15 is 0 Å². The number of benzene rings is 1. The van der Waals surface area contributed by atoms with Gasteiger partial charge in [-0.15, -0.1) is 0 Å². The first-order chi connectivity index (χ1) is 16.6. The summed E-state index contributed by atoms with van der Waals surface area (Å²) >= 11 is 6.08. The van der Waals surface area contributed by atoms with Gasteiger partial charge in [0, 0.05) is 29.6 Å². The van der Waals surface area contributed by atoms with Crippen molar-refractivity contribution in [2.75, 3.05) is 11.9 Å². The molecule has 35 heavy (non-hydrogen) atoms. The quantitative estimate of drug-likeness (QED) is 0.360. The lowest BCUT2D eigenvalue weighted by atomic mass is 10.0. The van der Waals surface area contributed by atoms with Crippen LogP contribution in [0, 0.1) is 12.8 Å². The number of aliphatic hydroxyl groups excluding tert-OH is 1. The Labute approximate surface area is 207 Å². The fourth-order valence-corrected chi connectivity index (χ4v) is 4.77. The van der Waals surface area contributed by atoms with Gasteiger partial charge in [0.05, 0.1) is 18.3 Å². The minimum atomic E-state index is -4.10. The number of hydrogen-bond acceptors (Lipinski definition) is 9. The van der Waals surface area contributed by atoms with E-state index in [9.17, 15) is 18.3 Å². The van der Waals surface area contributed by atoms with Crippen molar-refractivity contribution >= 4 is 33.5 Å². The largest absolute Gasteiger partial charge is 0.458 e. The van der Waals surface area contributed by atoms with Crippen molar-refractivity contribution in [1.82, 2.24) is 9.97 Å². The van der Waals surface area contributed by atoms with Crippen LogP contribution in [0.25, 0.3) is 0 Å². The molecule has 1 fully saturated rings. The first kappa shape index (κ1) is 25.3. The van der Waals surface area contributed by atoms with Gasteiger partial charge in [0.25, 0.3) is 0 Å². The molecule has 3 aromatic rings. The molecule has 0 radical (unpaired) electrons. The normalized spacial score (nSPS) is 20.2. The molecule has 10 nitrogen and oxygen atoms in total. The van der Waals surface area contributed by atoms with Crippen molar-refractivity contribution in [3.63, 3.8) is 0 Å². The van der Waals surface area contributed by atoms with Crippen molar-refractivity contribution in [3.8, 4) is 0 Å². The first-order valence-electron chi connectivity index (χ1n) is 10.9. The van der Waals surface area contributed by atoms with E-state index in [0.29, 0.717) is 35.9 Å². The van der Waals surface area contributed by atoms with Gasteiger partial charge in [-0.25, -0.2) is 15.1 Å². The number of anilines is 1. The molecule has 12 heteroatoms. The fraction of sp³-hybridized carbons (Fsp3) is 0.348. The molecule has 0 bridgehead atoms. The molecule has 0 amide bonds. The number of carbonyl (C=O) groups is 1. The summed E-state index contributed by atoms with van der Waals surface area (Å²) in [4.78, 5) is 21.5. The van der Waals surface area contributed by atoms with E-state index in [-0.39, 0.29) is 29.8 Å². The second-order valence-electron chi connectivity index (χ2n) is 8.53. The summed E-state index contributed by atoms with van der Waals surface area (Å²) in [5.41, 5.74) is 2.07. The highest BCUT2D eigenvalue weighted by Crippen LogP contribution is 2.30. The van der Waals surface area contributed by atoms with Gasteiger partial charge in [0.2, 0.25) is 5.78 Å². The Morgan fingerprint density at radius 3 is 2.89 bits per heavy atom. The summed E-state index contributed by atoms with van der Waals surface area (Å²) < 4.78 is 32.5. The predicted molar refractivity (Wildman–Crippen MR) is 128 cm³/mol. The second kappa shape index (κ2) is 10.4. The molecule has 0 saturated heterocycles. The zero-order valence-corrected chi connectivity index (χ0v) is 20.4. The highest BCUT2D eigenvalue weighted by atomic mass is 35.5. The maximum absolute atomic E-state index is 13.3. The Balaban J connectivity index is 1.48. The number of aryl methyl sites for hydroxylation is 1. The molecular formula is C23H25ClN4O6S. The van der Waals surface area contributed by atoms with Crippen molar-refractivity contribution in [1.29, 1.82) is 0 Å². The van der Waals surface area contributed by atoms with Crippen LogP contribution in [-0.2, 0) is 20.9 Å². The van der Waals surface area contributed by atoms with Gasteiger partial charge in [0.1, 0.15) is 17.9 Å². The molecule has 2 heterocycles. The van der Waals surface area contributed by atoms with Crippen molar-refractivity contribution in [2.45, 2.75) is 38.3 Å². The van der Waals surface area contributed by atoms with E-state index in [1.807, 2.05) is 18.2 Å². The average Bonchev–Trinajstić information content (AvgIpc) is 3.33. The number of carbonyl (C=O) groups excluding carboxylic acids is 1. The van der Waals surface area contributed by atoms with Crippen LogP contribution in [0.4, 0.5) is 5.82 Å². The topological polar surface area (TPSA) is 158 Å². The summed E-state index contributed by atoms with van der Waals surface area (Å²) in [6, 6.07) is 8.91. The van der Waals surface area contributed by atoms with Crippen molar-refractivity contribution in [3.05, 3.63) is 76.1 Å². The van der Waals surface area contributed by atoms with E-state index in [4.69, 9.17) is 21.2 Å². The van der Waals surface area contributed by atoms with Crippen LogP contribution in [0.1, 0.15) is 45.8 Å². The molecule has 186 valence electrons. The Bertz CT molecular complexity index is 1330. The highest BCUT2D eigenvalue weighted by Gasteiger charge is 2.35. The molecule has 1 aromatic carbocycles. The Hall–Kier alpha value is -2.83. The van der Waals surface area contributed by atoms with E-state index < -0.39 is 22.3 Å². The molecule has 3 atom stereocenters. The minimum absolute atomic E-state index is 0.156. The van der Waals surface area contributed by atoms with Gasteiger partial charge in [-0.3, -0.25) is 8.98 Å². The van der Waals surface area contributed by atoms with Gasteiger partial charge in [0.15, 0.2) is 5.76 Å². The number of halogens is 1. The molecule has 1 aliphatic rings.